The van der Waals surface area contributed by atoms with Crippen molar-refractivity contribution in [2.45, 2.75) is 13.0 Å². The van der Waals surface area contributed by atoms with Crippen molar-refractivity contribution in [2.75, 3.05) is 12.0 Å². The number of thiocarbonyl (C=S) groups is 1. The minimum absolute atomic E-state index is 0.112. The maximum absolute atomic E-state index is 13.6. The van der Waals surface area contributed by atoms with Crippen LogP contribution < -0.4 is 10.2 Å². The normalized spacial score (nSPS) is 16.5. The second kappa shape index (κ2) is 8.14. The number of benzene rings is 2. The number of ether oxygens (including phenoxy) is 1. The zero-order chi connectivity index (χ0) is 21.3. The maximum Gasteiger partial charge on any atom is 0.337 e. The molecule has 3 rings (SSSR count). The zero-order valence-corrected chi connectivity index (χ0v) is 16.9. The van der Waals surface area contributed by atoms with Crippen molar-refractivity contribution in [1.29, 1.82) is 0 Å². The number of anilines is 1. The zero-order valence-electron chi connectivity index (χ0n) is 15.3. The smallest absolute Gasteiger partial charge is 0.337 e. The quantitative estimate of drug-likeness (QED) is 0.332. The minimum Gasteiger partial charge on any atom is -0.466 e. The SMILES string of the molecule is COC(=O)C1=C(C)N(c2ccc(F)c(Cl)c2)C(=S)NC1c1ccccc1[N+](=O)[O-]. The van der Waals surface area contributed by atoms with E-state index in [2.05, 4.69) is 5.32 Å². The number of rotatable bonds is 4. The highest BCUT2D eigenvalue weighted by Crippen LogP contribution is 2.38. The van der Waals surface area contributed by atoms with Crippen molar-refractivity contribution >= 4 is 46.3 Å². The van der Waals surface area contributed by atoms with Gasteiger partial charge >= 0.3 is 5.97 Å². The number of allylic oxidation sites excluding steroid dienone is 1. The van der Waals surface area contributed by atoms with Crippen LogP contribution in [0.15, 0.2) is 53.7 Å². The van der Waals surface area contributed by atoms with Crippen LogP contribution in [0.4, 0.5) is 15.8 Å². The summed E-state index contributed by atoms with van der Waals surface area (Å²) in [6.07, 6.45) is 0. The summed E-state index contributed by atoms with van der Waals surface area (Å²) in [6, 6.07) is 9.15. The molecule has 0 amide bonds. The lowest BCUT2D eigenvalue weighted by atomic mass is 9.93. The molecule has 7 nitrogen and oxygen atoms in total. The minimum atomic E-state index is -0.899. The molecular weight excluding hydrogens is 421 g/mol. The fourth-order valence-corrected chi connectivity index (χ4v) is 3.72. The molecule has 150 valence electrons. The van der Waals surface area contributed by atoms with Crippen molar-refractivity contribution in [3.63, 3.8) is 0 Å². The van der Waals surface area contributed by atoms with Crippen LogP contribution in [0, 0.1) is 15.9 Å². The Balaban J connectivity index is 2.20. The van der Waals surface area contributed by atoms with Gasteiger partial charge in [-0.25, -0.2) is 9.18 Å². The Hall–Kier alpha value is -3.04. The topological polar surface area (TPSA) is 84.7 Å². The van der Waals surface area contributed by atoms with Crippen LogP contribution >= 0.6 is 23.8 Å². The summed E-state index contributed by atoms with van der Waals surface area (Å²) in [6.45, 7) is 1.62. The third-order valence-electron chi connectivity index (χ3n) is 4.50. The molecule has 29 heavy (non-hydrogen) atoms. The molecule has 0 bridgehead atoms. The molecule has 0 aliphatic carbocycles. The van der Waals surface area contributed by atoms with Gasteiger partial charge in [0.15, 0.2) is 5.11 Å². The summed E-state index contributed by atoms with van der Waals surface area (Å²) in [5, 5.41) is 14.5. The molecule has 0 saturated carbocycles. The van der Waals surface area contributed by atoms with Crippen molar-refractivity contribution in [2.24, 2.45) is 0 Å². The summed E-state index contributed by atoms with van der Waals surface area (Å²) in [4.78, 5) is 25.0. The van der Waals surface area contributed by atoms with Gasteiger partial charge in [-0.15, -0.1) is 0 Å². The van der Waals surface area contributed by atoms with Crippen molar-refractivity contribution in [3.05, 3.63) is 80.3 Å². The molecular formula is C19H15ClFN3O4S. The van der Waals surface area contributed by atoms with Crippen LogP contribution in [0.3, 0.4) is 0 Å². The number of nitro benzene ring substituents is 1. The molecule has 1 aliphatic heterocycles. The first kappa shape index (κ1) is 20.7. The van der Waals surface area contributed by atoms with Gasteiger partial charge in [-0.05, 0) is 43.4 Å². The van der Waals surface area contributed by atoms with Gasteiger partial charge in [-0.3, -0.25) is 15.0 Å². The van der Waals surface area contributed by atoms with Crippen LogP contribution in [-0.4, -0.2) is 23.1 Å². The summed E-state index contributed by atoms with van der Waals surface area (Å²) in [5.74, 6) is -1.28. The van der Waals surface area contributed by atoms with Crippen LogP contribution in [0.5, 0.6) is 0 Å². The Morgan fingerprint density at radius 3 is 2.66 bits per heavy atom. The number of methoxy groups -OCH3 is 1. The number of esters is 1. The monoisotopic (exact) mass is 435 g/mol. The van der Waals surface area contributed by atoms with Gasteiger partial charge in [0.25, 0.3) is 5.69 Å². The molecule has 0 aromatic heterocycles. The lowest BCUT2D eigenvalue weighted by Gasteiger charge is -2.37. The molecule has 1 aliphatic rings. The number of nitrogens with zero attached hydrogens (tertiary/aromatic N) is 2. The highest BCUT2D eigenvalue weighted by atomic mass is 35.5. The van der Waals surface area contributed by atoms with Crippen molar-refractivity contribution in [3.8, 4) is 0 Å². The second-order valence-electron chi connectivity index (χ2n) is 6.12. The highest BCUT2D eigenvalue weighted by Gasteiger charge is 2.38. The van der Waals surface area contributed by atoms with Crippen molar-refractivity contribution in [1.82, 2.24) is 5.32 Å². The van der Waals surface area contributed by atoms with E-state index in [0.717, 1.165) is 0 Å². The number of carbonyl (C=O) groups is 1. The van der Waals surface area contributed by atoms with E-state index in [4.69, 9.17) is 28.6 Å². The third kappa shape index (κ3) is 3.79. The highest BCUT2D eigenvalue weighted by molar-refractivity contribution is 7.80. The Labute approximate surface area is 175 Å². The Kier molecular flexibility index (Phi) is 5.81. The summed E-state index contributed by atoms with van der Waals surface area (Å²) in [5.41, 5.74) is 1.03. The summed E-state index contributed by atoms with van der Waals surface area (Å²) in [7, 11) is 1.21. The van der Waals surface area contributed by atoms with Crippen LogP contribution in [-0.2, 0) is 9.53 Å². The van der Waals surface area contributed by atoms with Gasteiger partial charge in [0.2, 0.25) is 0 Å². The van der Waals surface area contributed by atoms with E-state index in [-0.39, 0.29) is 27.0 Å². The van der Waals surface area contributed by atoms with E-state index in [0.29, 0.717) is 11.4 Å². The predicted molar refractivity (Wildman–Crippen MR) is 110 cm³/mol. The molecule has 0 radical (unpaired) electrons. The molecule has 2 aromatic carbocycles. The van der Waals surface area contributed by atoms with Crippen LogP contribution in [0.1, 0.15) is 18.5 Å². The average molecular weight is 436 g/mol. The Bertz CT molecular complexity index is 1060. The summed E-state index contributed by atoms with van der Waals surface area (Å²) < 4.78 is 18.5. The number of carbonyl (C=O) groups excluding carboxylic acids is 1. The second-order valence-corrected chi connectivity index (χ2v) is 6.92. The summed E-state index contributed by atoms with van der Waals surface area (Å²) >= 11 is 11.3. The first-order chi connectivity index (χ1) is 13.8. The molecule has 0 saturated heterocycles. The third-order valence-corrected chi connectivity index (χ3v) is 5.09. The molecule has 1 N–H and O–H groups in total. The van der Waals surface area contributed by atoms with Crippen LogP contribution in [0.2, 0.25) is 5.02 Å². The van der Waals surface area contributed by atoms with E-state index >= 15 is 0 Å². The number of halogens is 2. The van der Waals surface area contributed by atoms with E-state index in [1.165, 1.54) is 42.3 Å². The van der Waals surface area contributed by atoms with E-state index in [1.54, 1.807) is 19.1 Å². The van der Waals surface area contributed by atoms with E-state index in [1.807, 2.05) is 0 Å². The molecule has 1 atom stereocenters. The van der Waals surface area contributed by atoms with Crippen LogP contribution in [0.25, 0.3) is 0 Å². The molecule has 10 heteroatoms. The number of nitro groups is 1. The molecule has 0 spiro atoms. The van der Waals surface area contributed by atoms with Crippen molar-refractivity contribution < 1.29 is 18.8 Å². The van der Waals surface area contributed by atoms with Gasteiger partial charge in [-0.2, -0.15) is 0 Å². The van der Waals surface area contributed by atoms with Gasteiger partial charge in [0, 0.05) is 17.5 Å². The first-order valence-corrected chi connectivity index (χ1v) is 9.13. The standard InChI is InChI=1S/C19H15ClFN3O4S/c1-10-16(18(25)28-2)17(12-5-3-4-6-15(12)24(26)27)22-19(29)23(10)11-7-8-14(21)13(20)9-11/h3-9,17H,1-2H3,(H,22,29). The molecule has 2 aromatic rings. The molecule has 1 heterocycles. The number of nitrogens with one attached hydrogen (secondary N) is 1. The van der Waals surface area contributed by atoms with Gasteiger partial charge in [-0.1, -0.05) is 23.7 Å². The lowest BCUT2D eigenvalue weighted by molar-refractivity contribution is -0.385. The van der Waals surface area contributed by atoms with E-state index < -0.39 is 22.8 Å². The Morgan fingerprint density at radius 2 is 2.03 bits per heavy atom. The first-order valence-electron chi connectivity index (χ1n) is 8.34. The molecule has 0 fully saturated rings. The van der Waals surface area contributed by atoms with Gasteiger partial charge < -0.3 is 10.1 Å². The Morgan fingerprint density at radius 1 is 1.34 bits per heavy atom. The predicted octanol–water partition coefficient (Wildman–Crippen LogP) is 4.27. The average Bonchev–Trinajstić information content (AvgIpc) is 2.69. The maximum atomic E-state index is 13.6. The number of hydrogen-bond donors (Lipinski definition) is 1. The van der Waals surface area contributed by atoms with Gasteiger partial charge in [0.05, 0.1) is 34.2 Å². The fraction of sp³-hybridized carbons (Fsp3) is 0.158. The number of para-hydroxylation sites is 1. The van der Waals surface area contributed by atoms with Gasteiger partial charge in [0.1, 0.15) is 5.82 Å². The largest absolute Gasteiger partial charge is 0.466 e. The molecule has 1 unspecified atom stereocenters. The fourth-order valence-electron chi connectivity index (χ4n) is 3.18. The number of hydrogen-bond acceptors (Lipinski definition) is 5. The van der Waals surface area contributed by atoms with E-state index in [9.17, 15) is 19.3 Å². The lowest BCUT2D eigenvalue weighted by Crippen LogP contribution is -2.48.